The molecule has 0 saturated heterocycles. The van der Waals surface area contributed by atoms with Gasteiger partial charge in [-0.2, -0.15) is 13.8 Å². The standard InChI is InChI=1S/C15H16N2O.C11H10F2O2/c1-4-5-7-12(10-11(2)3)15-17-14-13(18-15)8-6-9-16-14;1-3-10(14)8-4-6-9(7-5-8)15-11(2,12)13/h4-10H,1-3H3;3-7H,1H2,2H3/b5-4+,12-7+;. The zero-order chi connectivity index (χ0) is 24.4. The van der Waals surface area contributed by atoms with Gasteiger partial charge in [-0.05, 0) is 69.3 Å². The topological polar surface area (TPSA) is 65.2 Å². The molecule has 2 heterocycles. The quantitative estimate of drug-likeness (QED) is 0.216. The third-order valence-corrected chi connectivity index (χ3v) is 3.95. The number of benzene rings is 1. The van der Waals surface area contributed by atoms with Crippen LogP contribution < -0.4 is 4.74 Å². The number of rotatable bonds is 7. The Kier molecular flexibility index (Phi) is 8.98. The lowest BCUT2D eigenvalue weighted by Gasteiger charge is -2.12. The molecular formula is C26H26F2N2O3. The van der Waals surface area contributed by atoms with Crippen LogP contribution in [0.3, 0.4) is 0 Å². The van der Waals surface area contributed by atoms with E-state index in [1.165, 1.54) is 29.8 Å². The fourth-order valence-corrected chi connectivity index (χ4v) is 2.60. The number of allylic oxidation sites excluding steroid dienone is 7. The lowest BCUT2D eigenvalue weighted by atomic mass is 10.1. The Morgan fingerprint density at radius 1 is 1.18 bits per heavy atom. The summed E-state index contributed by atoms with van der Waals surface area (Å²) in [4.78, 5) is 19.7. The second-order valence-corrected chi connectivity index (χ2v) is 7.22. The van der Waals surface area contributed by atoms with Gasteiger partial charge in [0.15, 0.2) is 17.0 Å². The number of alkyl halides is 2. The first-order valence-corrected chi connectivity index (χ1v) is 10.2. The lowest BCUT2D eigenvalue weighted by Crippen LogP contribution is -2.19. The van der Waals surface area contributed by atoms with Crippen LogP contribution in [0.25, 0.3) is 16.8 Å². The van der Waals surface area contributed by atoms with Crippen molar-refractivity contribution in [3.8, 4) is 5.75 Å². The van der Waals surface area contributed by atoms with E-state index < -0.39 is 6.11 Å². The Morgan fingerprint density at radius 3 is 2.42 bits per heavy atom. The van der Waals surface area contributed by atoms with Gasteiger partial charge in [-0.25, -0.2) is 4.98 Å². The van der Waals surface area contributed by atoms with Crippen molar-refractivity contribution in [1.82, 2.24) is 9.97 Å². The Balaban J connectivity index is 0.000000238. The number of nitrogens with zero attached hydrogens (tertiary/aromatic N) is 2. The maximum Gasteiger partial charge on any atom is 0.394 e. The number of oxazole rings is 1. The van der Waals surface area contributed by atoms with Crippen molar-refractivity contribution in [2.45, 2.75) is 33.8 Å². The highest BCUT2D eigenvalue weighted by atomic mass is 19.3. The maximum absolute atomic E-state index is 12.4. The van der Waals surface area contributed by atoms with Crippen molar-refractivity contribution in [3.05, 3.63) is 96.6 Å². The van der Waals surface area contributed by atoms with Gasteiger partial charge < -0.3 is 9.15 Å². The zero-order valence-corrected chi connectivity index (χ0v) is 19.0. The Labute approximate surface area is 191 Å². The Morgan fingerprint density at radius 2 is 1.88 bits per heavy atom. The van der Waals surface area contributed by atoms with Gasteiger partial charge >= 0.3 is 6.11 Å². The summed E-state index contributed by atoms with van der Waals surface area (Å²) in [6.45, 7) is 10.0. The number of ether oxygens (including phenoxy) is 1. The molecule has 33 heavy (non-hydrogen) atoms. The van der Waals surface area contributed by atoms with Crippen LogP contribution >= 0.6 is 0 Å². The summed E-state index contributed by atoms with van der Waals surface area (Å²) >= 11 is 0. The van der Waals surface area contributed by atoms with Gasteiger partial charge in [-0.1, -0.05) is 30.4 Å². The first kappa shape index (κ1) is 25.4. The van der Waals surface area contributed by atoms with E-state index in [9.17, 15) is 13.6 Å². The largest absolute Gasteiger partial charge is 0.434 e. The number of ketones is 1. The number of fused-ring (bicyclic) bond motifs is 1. The molecule has 5 nitrogen and oxygen atoms in total. The average molecular weight is 453 g/mol. The number of hydrogen-bond acceptors (Lipinski definition) is 5. The van der Waals surface area contributed by atoms with Crippen molar-refractivity contribution >= 4 is 22.6 Å². The molecular weight excluding hydrogens is 426 g/mol. The number of carbonyl (C=O) groups is 1. The van der Waals surface area contributed by atoms with Crippen molar-refractivity contribution in [2.24, 2.45) is 0 Å². The SMILES string of the molecule is C/C=C/C=C(\C=C(C)C)c1nc2ncccc2o1.C=CC(=O)c1ccc(OC(C)(F)F)cc1. The molecule has 3 aromatic rings. The number of halogens is 2. The summed E-state index contributed by atoms with van der Waals surface area (Å²) in [6.07, 6.45) is 7.62. The predicted octanol–water partition coefficient (Wildman–Crippen LogP) is 7.20. The van der Waals surface area contributed by atoms with Crippen LogP contribution in [0.5, 0.6) is 5.75 Å². The maximum atomic E-state index is 12.4. The van der Waals surface area contributed by atoms with E-state index in [1.54, 1.807) is 6.20 Å². The number of hydrogen-bond donors (Lipinski definition) is 0. The van der Waals surface area contributed by atoms with Gasteiger partial charge in [0, 0.05) is 24.3 Å². The molecule has 0 spiro atoms. The number of aromatic nitrogens is 2. The third kappa shape index (κ3) is 8.29. The molecule has 2 aromatic heterocycles. The van der Waals surface area contributed by atoms with E-state index in [0.717, 1.165) is 11.6 Å². The van der Waals surface area contributed by atoms with Crippen LogP contribution in [0, 0.1) is 0 Å². The van der Waals surface area contributed by atoms with Gasteiger partial charge in [-0.15, -0.1) is 0 Å². The van der Waals surface area contributed by atoms with Crippen LogP contribution in [-0.2, 0) is 0 Å². The van der Waals surface area contributed by atoms with E-state index in [1.807, 2.05) is 57.2 Å². The van der Waals surface area contributed by atoms with E-state index in [0.29, 0.717) is 29.6 Å². The van der Waals surface area contributed by atoms with Crippen LogP contribution in [-0.4, -0.2) is 21.9 Å². The summed E-state index contributed by atoms with van der Waals surface area (Å²) in [6, 6.07) is 9.15. The smallest absolute Gasteiger partial charge is 0.394 e. The van der Waals surface area contributed by atoms with E-state index in [-0.39, 0.29) is 11.5 Å². The fourth-order valence-electron chi connectivity index (χ4n) is 2.60. The van der Waals surface area contributed by atoms with Gasteiger partial charge in [0.25, 0.3) is 0 Å². The highest BCUT2D eigenvalue weighted by Gasteiger charge is 2.22. The molecule has 1 aromatic carbocycles. The first-order valence-electron chi connectivity index (χ1n) is 10.2. The van der Waals surface area contributed by atoms with E-state index in [4.69, 9.17) is 4.42 Å². The fraction of sp³-hybridized carbons (Fsp3) is 0.192. The monoisotopic (exact) mass is 452 g/mol. The molecule has 0 saturated carbocycles. The minimum atomic E-state index is -3.22. The highest BCUT2D eigenvalue weighted by Crippen LogP contribution is 2.22. The van der Waals surface area contributed by atoms with Crippen LogP contribution in [0.4, 0.5) is 8.78 Å². The third-order valence-electron chi connectivity index (χ3n) is 3.95. The number of carbonyl (C=O) groups excluding carboxylic acids is 1. The van der Waals surface area contributed by atoms with Gasteiger partial charge in [0.2, 0.25) is 5.89 Å². The molecule has 0 bridgehead atoms. The lowest BCUT2D eigenvalue weighted by molar-refractivity contribution is -0.158. The van der Waals surface area contributed by atoms with E-state index >= 15 is 0 Å². The van der Waals surface area contributed by atoms with Crippen molar-refractivity contribution in [2.75, 3.05) is 0 Å². The summed E-state index contributed by atoms with van der Waals surface area (Å²) < 4.78 is 34.9. The molecule has 0 aliphatic carbocycles. The molecule has 0 atom stereocenters. The molecule has 0 unspecified atom stereocenters. The zero-order valence-electron chi connectivity index (χ0n) is 19.0. The number of pyridine rings is 1. The molecule has 7 heteroatoms. The highest BCUT2D eigenvalue weighted by molar-refractivity contribution is 6.04. The molecule has 172 valence electrons. The van der Waals surface area contributed by atoms with Crippen LogP contribution in [0.2, 0.25) is 0 Å². The molecule has 3 rings (SSSR count). The Bertz CT molecular complexity index is 1150. The van der Waals surface area contributed by atoms with Crippen molar-refractivity contribution < 1.29 is 22.7 Å². The molecule has 0 radical (unpaired) electrons. The molecule has 0 aliphatic heterocycles. The summed E-state index contributed by atoms with van der Waals surface area (Å²) in [5.74, 6) is 0.357. The molecule has 0 N–H and O–H groups in total. The minimum absolute atomic E-state index is 0.0168. The normalized spacial score (nSPS) is 11.6. The summed E-state index contributed by atoms with van der Waals surface area (Å²) in [5, 5.41) is 0. The van der Waals surface area contributed by atoms with Crippen molar-refractivity contribution in [1.29, 1.82) is 0 Å². The predicted molar refractivity (Wildman–Crippen MR) is 126 cm³/mol. The molecule has 0 amide bonds. The summed E-state index contributed by atoms with van der Waals surface area (Å²) in [7, 11) is 0. The van der Waals surface area contributed by atoms with Gasteiger partial charge in [-0.3, -0.25) is 4.79 Å². The second kappa shape index (κ2) is 11.7. The second-order valence-electron chi connectivity index (χ2n) is 7.22. The summed E-state index contributed by atoms with van der Waals surface area (Å²) in [5.41, 5.74) is 3.88. The molecule has 0 fully saturated rings. The van der Waals surface area contributed by atoms with Gasteiger partial charge in [0.05, 0.1) is 0 Å². The van der Waals surface area contributed by atoms with Crippen LogP contribution in [0.1, 0.15) is 43.9 Å². The average Bonchev–Trinajstić information content (AvgIpc) is 3.20. The van der Waals surface area contributed by atoms with Crippen LogP contribution in [0.15, 0.2) is 89.5 Å². The van der Waals surface area contributed by atoms with E-state index in [2.05, 4.69) is 21.3 Å². The minimum Gasteiger partial charge on any atom is -0.434 e. The van der Waals surface area contributed by atoms with Crippen molar-refractivity contribution in [3.63, 3.8) is 0 Å². The van der Waals surface area contributed by atoms with Gasteiger partial charge in [0.1, 0.15) is 5.75 Å². The molecule has 0 aliphatic rings. The Hall–Kier alpha value is -3.87. The first-order chi connectivity index (χ1) is 15.6.